The van der Waals surface area contributed by atoms with Crippen molar-refractivity contribution < 1.29 is 12.9 Å². The third-order valence-corrected chi connectivity index (χ3v) is 6.46. The summed E-state index contributed by atoms with van der Waals surface area (Å²) in [5.74, 6) is 1.99. The van der Waals surface area contributed by atoms with Gasteiger partial charge in [0.15, 0.2) is 5.82 Å². The lowest BCUT2D eigenvalue weighted by molar-refractivity contribution is 0.334. The standard InChI is InChI=1S/C15H25N3O3S/c1-11(18-22(19,20)10-12-6-5-7-12)15-16-14(17-21-15)13-8-3-2-4-9-13/h11-13,18H,2-10H2,1H3. The van der Waals surface area contributed by atoms with E-state index in [0.717, 1.165) is 37.9 Å². The fourth-order valence-electron chi connectivity index (χ4n) is 3.29. The van der Waals surface area contributed by atoms with Gasteiger partial charge < -0.3 is 4.52 Å². The van der Waals surface area contributed by atoms with Crippen molar-refractivity contribution in [3.63, 3.8) is 0 Å². The second-order valence-electron chi connectivity index (χ2n) is 6.74. The Hall–Kier alpha value is -0.950. The van der Waals surface area contributed by atoms with Crippen molar-refractivity contribution in [1.82, 2.24) is 14.9 Å². The molecule has 1 aromatic rings. The summed E-state index contributed by atoms with van der Waals surface area (Å²) < 4.78 is 32.2. The number of rotatable bonds is 6. The van der Waals surface area contributed by atoms with Gasteiger partial charge in [0.1, 0.15) is 0 Å². The van der Waals surface area contributed by atoms with Crippen molar-refractivity contribution in [1.29, 1.82) is 0 Å². The first-order chi connectivity index (χ1) is 10.5. The zero-order valence-corrected chi connectivity index (χ0v) is 13.9. The average Bonchev–Trinajstić information content (AvgIpc) is 2.94. The van der Waals surface area contributed by atoms with Gasteiger partial charge in [-0.15, -0.1) is 0 Å². The molecule has 2 saturated carbocycles. The van der Waals surface area contributed by atoms with Crippen LogP contribution >= 0.6 is 0 Å². The summed E-state index contributed by atoms with van der Waals surface area (Å²) in [7, 11) is -3.28. The largest absolute Gasteiger partial charge is 0.338 e. The highest BCUT2D eigenvalue weighted by atomic mass is 32.2. The topological polar surface area (TPSA) is 85.1 Å². The molecular weight excluding hydrogens is 302 g/mol. The Morgan fingerprint density at radius 2 is 1.91 bits per heavy atom. The Morgan fingerprint density at radius 3 is 2.55 bits per heavy atom. The lowest BCUT2D eigenvalue weighted by atomic mass is 9.87. The van der Waals surface area contributed by atoms with Crippen molar-refractivity contribution >= 4 is 10.0 Å². The van der Waals surface area contributed by atoms with Gasteiger partial charge in [0.25, 0.3) is 0 Å². The Kier molecular flexibility index (Phi) is 4.82. The van der Waals surface area contributed by atoms with E-state index in [1.165, 1.54) is 19.3 Å². The maximum Gasteiger partial charge on any atom is 0.244 e. The molecule has 1 heterocycles. The molecule has 6 nitrogen and oxygen atoms in total. The lowest BCUT2D eigenvalue weighted by Gasteiger charge is -2.25. The number of hydrogen-bond donors (Lipinski definition) is 1. The molecule has 1 unspecified atom stereocenters. The van der Waals surface area contributed by atoms with Crippen molar-refractivity contribution in [2.45, 2.75) is 70.3 Å². The number of nitrogens with one attached hydrogen (secondary N) is 1. The first-order valence-electron chi connectivity index (χ1n) is 8.37. The summed E-state index contributed by atoms with van der Waals surface area (Å²) in [5.41, 5.74) is 0. The van der Waals surface area contributed by atoms with Crippen LogP contribution in [0.3, 0.4) is 0 Å². The third kappa shape index (κ3) is 3.87. The van der Waals surface area contributed by atoms with Crippen LogP contribution in [0, 0.1) is 5.92 Å². The molecule has 22 heavy (non-hydrogen) atoms. The van der Waals surface area contributed by atoms with Crippen molar-refractivity contribution in [3.8, 4) is 0 Å². The first-order valence-corrected chi connectivity index (χ1v) is 10.0. The maximum atomic E-state index is 12.1. The van der Waals surface area contributed by atoms with Gasteiger partial charge in [0.05, 0.1) is 11.8 Å². The van der Waals surface area contributed by atoms with Gasteiger partial charge >= 0.3 is 0 Å². The van der Waals surface area contributed by atoms with E-state index in [9.17, 15) is 8.42 Å². The Labute approximate surface area is 132 Å². The zero-order chi connectivity index (χ0) is 15.6. The highest BCUT2D eigenvalue weighted by Crippen LogP contribution is 2.31. The van der Waals surface area contributed by atoms with E-state index >= 15 is 0 Å². The SMILES string of the molecule is CC(NS(=O)(=O)CC1CCC1)c1nc(C2CCCCC2)no1. The van der Waals surface area contributed by atoms with Gasteiger partial charge in [-0.25, -0.2) is 13.1 Å². The van der Waals surface area contributed by atoms with Gasteiger partial charge in [-0.05, 0) is 38.5 Å². The minimum absolute atomic E-state index is 0.209. The second-order valence-corrected chi connectivity index (χ2v) is 8.54. The number of sulfonamides is 1. The van der Waals surface area contributed by atoms with E-state index in [1.54, 1.807) is 6.92 Å². The van der Waals surface area contributed by atoms with Crippen LogP contribution < -0.4 is 4.72 Å². The summed E-state index contributed by atoms with van der Waals surface area (Å²) in [6.07, 6.45) is 9.06. The highest BCUT2D eigenvalue weighted by Gasteiger charge is 2.28. The molecule has 3 rings (SSSR count). The summed E-state index contributed by atoms with van der Waals surface area (Å²) in [4.78, 5) is 4.43. The normalized spacial score (nSPS) is 22.4. The summed E-state index contributed by atoms with van der Waals surface area (Å²) in [5, 5.41) is 4.06. The van der Waals surface area contributed by atoms with Crippen LogP contribution in [0.4, 0.5) is 0 Å². The number of nitrogens with zero attached hydrogens (tertiary/aromatic N) is 2. The highest BCUT2D eigenvalue weighted by molar-refractivity contribution is 7.89. The summed E-state index contributed by atoms with van der Waals surface area (Å²) in [6.45, 7) is 1.76. The molecule has 124 valence electrons. The van der Waals surface area contributed by atoms with Crippen LogP contribution in [0.2, 0.25) is 0 Å². The number of aromatic nitrogens is 2. The molecule has 0 radical (unpaired) electrons. The molecule has 1 atom stereocenters. The fourth-order valence-corrected chi connectivity index (χ4v) is 4.98. The monoisotopic (exact) mass is 327 g/mol. The van der Waals surface area contributed by atoms with Crippen LogP contribution in [0.15, 0.2) is 4.52 Å². The molecule has 2 aliphatic rings. The molecule has 2 aliphatic carbocycles. The quantitative estimate of drug-likeness (QED) is 0.868. The van der Waals surface area contributed by atoms with Gasteiger partial charge in [-0.1, -0.05) is 30.8 Å². The average molecular weight is 327 g/mol. The minimum Gasteiger partial charge on any atom is -0.338 e. The lowest BCUT2D eigenvalue weighted by Crippen LogP contribution is -2.34. The van der Waals surface area contributed by atoms with Gasteiger partial charge in [-0.2, -0.15) is 4.98 Å². The predicted molar refractivity (Wildman–Crippen MR) is 82.8 cm³/mol. The molecule has 0 spiro atoms. The van der Waals surface area contributed by atoms with Crippen LogP contribution in [-0.2, 0) is 10.0 Å². The van der Waals surface area contributed by atoms with E-state index in [0.29, 0.717) is 17.7 Å². The predicted octanol–water partition coefficient (Wildman–Crippen LogP) is 2.90. The van der Waals surface area contributed by atoms with Crippen molar-refractivity contribution in [2.75, 3.05) is 5.75 Å². The molecule has 1 aromatic heterocycles. The van der Waals surface area contributed by atoms with Crippen LogP contribution in [0.5, 0.6) is 0 Å². The molecule has 0 saturated heterocycles. The molecule has 0 bridgehead atoms. The molecular formula is C15H25N3O3S. The molecule has 0 amide bonds. The van der Waals surface area contributed by atoms with E-state index in [4.69, 9.17) is 4.52 Å². The van der Waals surface area contributed by atoms with E-state index < -0.39 is 16.1 Å². The van der Waals surface area contributed by atoms with Gasteiger partial charge in [0.2, 0.25) is 15.9 Å². The fraction of sp³-hybridized carbons (Fsp3) is 0.867. The molecule has 2 fully saturated rings. The molecule has 7 heteroatoms. The van der Waals surface area contributed by atoms with E-state index in [2.05, 4.69) is 14.9 Å². The van der Waals surface area contributed by atoms with E-state index in [1.807, 2.05) is 0 Å². The second kappa shape index (κ2) is 6.66. The first kappa shape index (κ1) is 15.9. The Bertz CT molecular complexity index is 589. The molecule has 0 aliphatic heterocycles. The van der Waals surface area contributed by atoms with Crippen LogP contribution in [0.1, 0.15) is 82.0 Å². The minimum atomic E-state index is -3.28. The Morgan fingerprint density at radius 1 is 1.18 bits per heavy atom. The van der Waals surface area contributed by atoms with Crippen molar-refractivity contribution in [3.05, 3.63) is 11.7 Å². The third-order valence-electron chi connectivity index (χ3n) is 4.83. The van der Waals surface area contributed by atoms with Crippen LogP contribution in [0.25, 0.3) is 0 Å². The maximum absolute atomic E-state index is 12.1. The smallest absolute Gasteiger partial charge is 0.244 e. The Balaban J connectivity index is 1.59. The van der Waals surface area contributed by atoms with Gasteiger partial charge in [-0.3, -0.25) is 0 Å². The molecule has 1 N–H and O–H groups in total. The summed E-state index contributed by atoms with van der Waals surface area (Å²) in [6, 6.07) is -0.463. The zero-order valence-electron chi connectivity index (χ0n) is 13.1. The van der Waals surface area contributed by atoms with Crippen molar-refractivity contribution in [2.24, 2.45) is 5.92 Å². The van der Waals surface area contributed by atoms with Gasteiger partial charge in [0, 0.05) is 5.92 Å². The summed E-state index contributed by atoms with van der Waals surface area (Å²) >= 11 is 0. The number of hydrogen-bond acceptors (Lipinski definition) is 5. The van der Waals surface area contributed by atoms with E-state index in [-0.39, 0.29) is 5.75 Å². The molecule has 0 aromatic carbocycles. The van der Waals surface area contributed by atoms with Crippen LogP contribution in [-0.4, -0.2) is 24.3 Å².